The zero-order chi connectivity index (χ0) is 9.14. The second-order valence-electron chi connectivity index (χ2n) is 2.70. The van der Waals surface area contributed by atoms with E-state index in [0.717, 1.165) is 11.6 Å². The average molecular weight is 167 g/mol. The average Bonchev–Trinajstić information content (AvgIpc) is 2.04. The molecule has 0 spiro atoms. The smallest absolute Gasteiger partial charge is 0.179 e. The lowest BCUT2D eigenvalue weighted by molar-refractivity contribution is 0.411. The van der Waals surface area contributed by atoms with Crippen LogP contribution in [0, 0.1) is 6.92 Å². The van der Waals surface area contributed by atoms with E-state index in [1.165, 1.54) is 0 Å². The van der Waals surface area contributed by atoms with Crippen LogP contribution in [0.4, 0.5) is 5.82 Å². The summed E-state index contributed by atoms with van der Waals surface area (Å²) in [5.41, 5.74) is 0. The number of hydrogen-bond donors (Lipinski definition) is 0. The molecule has 0 unspecified atom stereocenters. The van der Waals surface area contributed by atoms with E-state index in [1.807, 2.05) is 25.9 Å². The third-order valence-corrected chi connectivity index (χ3v) is 1.50. The summed E-state index contributed by atoms with van der Waals surface area (Å²) in [4.78, 5) is 10.2. The topological polar surface area (TPSA) is 38.3 Å². The third kappa shape index (κ3) is 1.64. The first-order valence-electron chi connectivity index (χ1n) is 3.70. The van der Waals surface area contributed by atoms with Gasteiger partial charge in [0.15, 0.2) is 11.6 Å². The van der Waals surface area contributed by atoms with E-state index in [4.69, 9.17) is 4.74 Å². The van der Waals surface area contributed by atoms with Crippen molar-refractivity contribution in [3.05, 3.63) is 12.0 Å². The van der Waals surface area contributed by atoms with Gasteiger partial charge in [-0.25, -0.2) is 9.97 Å². The van der Waals surface area contributed by atoms with Crippen LogP contribution in [-0.2, 0) is 0 Å². The van der Waals surface area contributed by atoms with Crippen molar-refractivity contribution in [1.29, 1.82) is 0 Å². The molecule has 0 aliphatic carbocycles. The Morgan fingerprint density at radius 1 is 1.42 bits per heavy atom. The van der Waals surface area contributed by atoms with E-state index in [1.54, 1.807) is 13.3 Å². The van der Waals surface area contributed by atoms with Crippen LogP contribution < -0.4 is 9.64 Å². The highest BCUT2D eigenvalue weighted by atomic mass is 16.5. The van der Waals surface area contributed by atoms with Crippen LogP contribution in [-0.4, -0.2) is 31.2 Å². The summed E-state index contributed by atoms with van der Waals surface area (Å²) in [5, 5.41) is 0. The molecule has 0 aliphatic heterocycles. The van der Waals surface area contributed by atoms with E-state index in [2.05, 4.69) is 9.97 Å². The number of hydrogen-bond acceptors (Lipinski definition) is 4. The molecule has 0 aliphatic rings. The van der Waals surface area contributed by atoms with Crippen LogP contribution in [0.3, 0.4) is 0 Å². The summed E-state index contributed by atoms with van der Waals surface area (Å²) in [6.45, 7) is 1.85. The predicted octanol–water partition coefficient (Wildman–Crippen LogP) is 0.860. The minimum atomic E-state index is 0.700. The highest BCUT2D eigenvalue weighted by molar-refractivity contribution is 5.49. The molecule has 66 valence electrons. The molecule has 1 aromatic rings. The van der Waals surface area contributed by atoms with Gasteiger partial charge < -0.3 is 9.64 Å². The molecule has 1 aromatic heterocycles. The van der Waals surface area contributed by atoms with Gasteiger partial charge in [-0.15, -0.1) is 0 Å². The Bertz CT molecular complexity index is 273. The van der Waals surface area contributed by atoms with Gasteiger partial charge in [-0.05, 0) is 6.92 Å². The van der Waals surface area contributed by atoms with Crippen molar-refractivity contribution in [1.82, 2.24) is 9.97 Å². The van der Waals surface area contributed by atoms with Crippen molar-refractivity contribution < 1.29 is 4.74 Å². The molecular formula is C8H13N3O. The first-order chi connectivity index (χ1) is 5.65. The molecule has 0 amide bonds. The molecule has 0 N–H and O–H groups in total. The summed E-state index contributed by atoms with van der Waals surface area (Å²) in [6.07, 6.45) is 1.68. The van der Waals surface area contributed by atoms with Gasteiger partial charge in [-0.2, -0.15) is 0 Å². The lowest BCUT2D eigenvalue weighted by atomic mass is 10.5. The zero-order valence-corrected chi connectivity index (χ0v) is 7.83. The quantitative estimate of drug-likeness (QED) is 0.654. The van der Waals surface area contributed by atoms with Crippen molar-refractivity contribution in [2.45, 2.75) is 6.92 Å². The number of aryl methyl sites for hydroxylation is 1. The fourth-order valence-electron chi connectivity index (χ4n) is 0.911. The van der Waals surface area contributed by atoms with Gasteiger partial charge in [-0.3, -0.25) is 0 Å². The van der Waals surface area contributed by atoms with Crippen LogP contribution in [0.25, 0.3) is 0 Å². The third-order valence-electron chi connectivity index (χ3n) is 1.50. The largest absolute Gasteiger partial charge is 0.491 e. The number of ether oxygens (including phenoxy) is 1. The molecule has 0 bridgehead atoms. The Labute approximate surface area is 72.2 Å². The van der Waals surface area contributed by atoms with Crippen molar-refractivity contribution in [2.24, 2.45) is 0 Å². The fraction of sp³-hybridized carbons (Fsp3) is 0.500. The van der Waals surface area contributed by atoms with Gasteiger partial charge in [0.2, 0.25) is 0 Å². The number of aromatic nitrogens is 2. The first-order valence-corrected chi connectivity index (χ1v) is 3.70. The number of rotatable bonds is 2. The molecule has 4 heteroatoms. The normalized spacial score (nSPS) is 9.67. The maximum absolute atomic E-state index is 5.09. The molecule has 0 saturated carbocycles. The molecule has 0 radical (unpaired) electrons. The van der Waals surface area contributed by atoms with Crippen LogP contribution in [0.2, 0.25) is 0 Å². The molecule has 0 saturated heterocycles. The van der Waals surface area contributed by atoms with Gasteiger partial charge >= 0.3 is 0 Å². The molecule has 0 aromatic carbocycles. The molecule has 12 heavy (non-hydrogen) atoms. The fourth-order valence-corrected chi connectivity index (χ4v) is 0.911. The minimum absolute atomic E-state index is 0.700. The van der Waals surface area contributed by atoms with Crippen molar-refractivity contribution in [3.63, 3.8) is 0 Å². The van der Waals surface area contributed by atoms with Crippen molar-refractivity contribution >= 4 is 5.82 Å². The van der Waals surface area contributed by atoms with Gasteiger partial charge in [0, 0.05) is 14.1 Å². The van der Waals surface area contributed by atoms with Gasteiger partial charge in [0.05, 0.1) is 13.3 Å². The van der Waals surface area contributed by atoms with Crippen LogP contribution in [0.1, 0.15) is 5.82 Å². The lowest BCUT2D eigenvalue weighted by Crippen LogP contribution is -2.13. The van der Waals surface area contributed by atoms with E-state index in [-0.39, 0.29) is 0 Å². The summed E-state index contributed by atoms with van der Waals surface area (Å²) < 4.78 is 5.09. The minimum Gasteiger partial charge on any atom is -0.491 e. The highest BCUT2D eigenvalue weighted by Crippen LogP contribution is 2.21. The van der Waals surface area contributed by atoms with Crippen LogP contribution >= 0.6 is 0 Å². The Morgan fingerprint density at radius 3 is 2.58 bits per heavy atom. The maximum atomic E-state index is 5.09. The monoisotopic (exact) mass is 167 g/mol. The van der Waals surface area contributed by atoms with Gasteiger partial charge in [0.1, 0.15) is 5.82 Å². The summed E-state index contributed by atoms with van der Waals surface area (Å²) in [6, 6.07) is 0. The highest BCUT2D eigenvalue weighted by Gasteiger charge is 2.06. The molecular weight excluding hydrogens is 154 g/mol. The van der Waals surface area contributed by atoms with Crippen molar-refractivity contribution in [3.8, 4) is 5.75 Å². The molecule has 4 nitrogen and oxygen atoms in total. The number of nitrogens with zero attached hydrogens (tertiary/aromatic N) is 3. The van der Waals surface area contributed by atoms with E-state index in [0.29, 0.717) is 5.75 Å². The van der Waals surface area contributed by atoms with Crippen LogP contribution in [0.5, 0.6) is 5.75 Å². The zero-order valence-electron chi connectivity index (χ0n) is 7.83. The Balaban J connectivity index is 3.12. The second-order valence-corrected chi connectivity index (χ2v) is 2.70. The number of anilines is 1. The first kappa shape index (κ1) is 8.77. The molecule has 1 rings (SSSR count). The van der Waals surface area contributed by atoms with Gasteiger partial charge in [0.25, 0.3) is 0 Å². The lowest BCUT2D eigenvalue weighted by Gasteiger charge is -2.14. The predicted molar refractivity (Wildman–Crippen MR) is 47.6 cm³/mol. The molecule has 0 atom stereocenters. The van der Waals surface area contributed by atoms with Gasteiger partial charge in [-0.1, -0.05) is 0 Å². The van der Waals surface area contributed by atoms with E-state index >= 15 is 0 Å². The summed E-state index contributed by atoms with van der Waals surface area (Å²) >= 11 is 0. The van der Waals surface area contributed by atoms with Crippen LogP contribution in [0.15, 0.2) is 6.20 Å². The Morgan fingerprint density at radius 2 is 2.08 bits per heavy atom. The van der Waals surface area contributed by atoms with Crippen molar-refractivity contribution in [2.75, 3.05) is 26.1 Å². The maximum Gasteiger partial charge on any atom is 0.179 e. The molecule has 1 heterocycles. The van der Waals surface area contributed by atoms with E-state index < -0.39 is 0 Å². The SMILES string of the molecule is COc1cnc(C)nc1N(C)C. The Kier molecular flexibility index (Phi) is 2.47. The summed E-state index contributed by atoms with van der Waals surface area (Å²) in [7, 11) is 5.45. The second kappa shape index (κ2) is 3.38. The Hall–Kier alpha value is -1.32. The molecule has 0 fully saturated rings. The van der Waals surface area contributed by atoms with E-state index in [9.17, 15) is 0 Å². The summed E-state index contributed by atoms with van der Waals surface area (Å²) in [5.74, 6) is 2.26. The standard InChI is InChI=1S/C8H13N3O/c1-6-9-5-7(12-4)8(10-6)11(2)3/h5H,1-4H3. The number of methoxy groups -OCH3 is 1.